The standard InChI is InChI=1S/C18H17Cl2NO3/c1-23-14-4-3-11-5-6-21(10-13(11)7-14)18(22)12-8-15(19)17(24-2)16(20)9-12/h3-4,7-9H,5-6,10H2,1-2H3. The first-order valence-corrected chi connectivity index (χ1v) is 8.27. The van der Waals surface area contributed by atoms with Gasteiger partial charge in [0.2, 0.25) is 0 Å². The zero-order chi connectivity index (χ0) is 17.3. The van der Waals surface area contributed by atoms with Gasteiger partial charge < -0.3 is 14.4 Å². The third-order valence-corrected chi connectivity index (χ3v) is 4.72. The maximum Gasteiger partial charge on any atom is 0.254 e. The minimum atomic E-state index is -0.102. The number of hydrogen-bond donors (Lipinski definition) is 0. The van der Waals surface area contributed by atoms with Crippen molar-refractivity contribution in [2.24, 2.45) is 0 Å². The van der Waals surface area contributed by atoms with Gasteiger partial charge in [-0.05, 0) is 41.8 Å². The summed E-state index contributed by atoms with van der Waals surface area (Å²) < 4.78 is 10.4. The summed E-state index contributed by atoms with van der Waals surface area (Å²) in [5.74, 6) is 1.07. The number of methoxy groups -OCH3 is 2. The molecule has 0 radical (unpaired) electrons. The van der Waals surface area contributed by atoms with Crippen LogP contribution in [0.25, 0.3) is 0 Å². The molecular formula is C18H17Cl2NO3. The van der Waals surface area contributed by atoms with Crippen molar-refractivity contribution in [1.29, 1.82) is 0 Å². The Morgan fingerprint density at radius 2 is 1.75 bits per heavy atom. The fourth-order valence-electron chi connectivity index (χ4n) is 2.89. The fourth-order valence-corrected chi connectivity index (χ4v) is 3.54. The van der Waals surface area contributed by atoms with Gasteiger partial charge in [0.1, 0.15) is 5.75 Å². The molecule has 0 spiro atoms. The summed E-state index contributed by atoms with van der Waals surface area (Å²) in [6.45, 7) is 1.19. The van der Waals surface area contributed by atoms with Crippen LogP contribution in [-0.4, -0.2) is 31.6 Å². The molecule has 3 rings (SSSR count). The molecule has 0 aromatic heterocycles. The van der Waals surface area contributed by atoms with Crippen LogP contribution in [-0.2, 0) is 13.0 Å². The van der Waals surface area contributed by atoms with E-state index in [0.717, 1.165) is 17.7 Å². The van der Waals surface area contributed by atoms with E-state index in [-0.39, 0.29) is 5.91 Å². The minimum absolute atomic E-state index is 0.102. The van der Waals surface area contributed by atoms with Crippen LogP contribution >= 0.6 is 23.2 Å². The van der Waals surface area contributed by atoms with Gasteiger partial charge in [-0.2, -0.15) is 0 Å². The summed E-state index contributed by atoms with van der Waals surface area (Å²) in [6, 6.07) is 9.16. The van der Waals surface area contributed by atoms with Crippen LogP contribution in [0.4, 0.5) is 0 Å². The van der Waals surface area contributed by atoms with Crippen LogP contribution in [0.1, 0.15) is 21.5 Å². The van der Waals surface area contributed by atoms with Gasteiger partial charge in [0.25, 0.3) is 5.91 Å². The van der Waals surface area contributed by atoms with E-state index >= 15 is 0 Å². The van der Waals surface area contributed by atoms with Crippen LogP contribution in [0.2, 0.25) is 10.0 Å². The van der Waals surface area contributed by atoms with E-state index in [1.54, 1.807) is 24.1 Å². The molecule has 2 aromatic rings. The molecule has 0 aliphatic carbocycles. The second-order valence-corrected chi connectivity index (χ2v) is 6.40. The van der Waals surface area contributed by atoms with E-state index in [9.17, 15) is 4.79 Å². The molecule has 0 unspecified atom stereocenters. The molecule has 0 N–H and O–H groups in total. The Bertz CT molecular complexity index is 769. The number of benzene rings is 2. The smallest absolute Gasteiger partial charge is 0.254 e. The molecule has 0 fully saturated rings. The highest BCUT2D eigenvalue weighted by molar-refractivity contribution is 6.37. The molecule has 1 aliphatic rings. The fraction of sp³-hybridized carbons (Fsp3) is 0.278. The first-order chi connectivity index (χ1) is 11.5. The molecule has 4 nitrogen and oxygen atoms in total. The van der Waals surface area contributed by atoms with E-state index in [1.807, 2.05) is 12.1 Å². The van der Waals surface area contributed by atoms with Gasteiger partial charge in [0.15, 0.2) is 5.75 Å². The van der Waals surface area contributed by atoms with Crippen molar-refractivity contribution >= 4 is 29.1 Å². The van der Waals surface area contributed by atoms with Crippen molar-refractivity contribution in [2.75, 3.05) is 20.8 Å². The molecule has 24 heavy (non-hydrogen) atoms. The molecule has 0 bridgehead atoms. The van der Waals surface area contributed by atoms with Crippen LogP contribution in [0.3, 0.4) is 0 Å². The van der Waals surface area contributed by atoms with Crippen molar-refractivity contribution in [3.63, 3.8) is 0 Å². The summed E-state index contributed by atoms with van der Waals surface area (Å²) in [6.07, 6.45) is 0.808. The van der Waals surface area contributed by atoms with E-state index in [4.69, 9.17) is 32.7 Å². The van der Waals surface area contributed by atoms with Crippen molar-refractivity contribution in [1.82, 2.24) is 4.90 Å². The molecule has 2 aromatic carbocycles. The summed E-state index contributed by atoms with van der Waals surface area (Å²) in [4.78, 5) is 14.6. The van der Waals surface area contributed by atoms with Crippen molar-refractivity contribution in [3.05, 3.63) is 57.1 Å². The molecule has 1 heterocycles. The van der Waals surface area contributed by atoms with E-state index < -0.39 is 0 Å². The summed E-state index contributed by atoms with van der Waals surface area (Å²) >= 11 is 12.3. The lowest BCUT2D eigenvalue weighted by molar-refractivity contribution is 0.0734. The SMILES string of the molecule is COc1ccc2c(c1)CN(C(=O)c1cc(Cl)c(OC)c(Cl)c1)CC2. The molecular weight excluding hydrogens is 349 g/mol. The molecule has 1 aliphatic heterocycles. The predicted octanol–water partition coefficient (Wildman–Crippen LogP) is 4.21. The lowest BCUT2D eigenvalue weighted by atomic mass is 9.99. The van der Waals surface area contributed by atoms with Crippen LogP contribution in [0, 0.1) is 0 Å². The molecule has 126 valence electrons. The highest BCUT2D eigenvalue weighted by Crippen LogP contribution is 2.34. The Balaban J connectivity index is 1.86. The number of nitrogens with zero attached hydrogens (tertiary/aromatic N) is 1. The number of rotatable bonds is 3. The second kappa shape index (κ2) is 6.91. The first kappa shape index (κ1) is 16.9. The molecule has 1 amide bonds. The Kier molecular flexibility index (Phi) is 4.88. The van der Waals surface area contributed by atoms with Gasteiger partial charge >= 0.3 is 0 Å². The van der Waals surface area contributed by atoms with Gasteiger partial charge in [-0.1, -0.05) is 29.3 Å². The topological polar surface area (TPSA) is 38.8 Å². The minimum Gasteiger partial charge on any atom is -0.497 e. The zero-order valence-corrected chi connectivity index (χ0v) is 14.9. The van der Waals surface area contributed by atoms with E-state index in [2.05, 4.69) is 6.07 Å². The average Bonchev–Trinajstić information content (AvgIpc) is 2.59. The third-order valence-electron chi connectivity index (χ3n) is 4.16. The van der Waals surface area contributed by atoms with Gasteiger partial charge in [0, 0.05) is 18.7 Å². The summed E-state index contributed by atoms with van der Waals surface area (Å²) in [5.41, 5.74) is 2.79. The van der Waals surface area contributed by atoms with Crippen LogP contribution in [0.5, 0.6) is 11.5 Å². The largest absolute Gasteiger partial charge is 0.497 e. The number of carbonyl (C=O) groups excluding carboxylic acids is 1. The van der Waals surface area contributed by atoms with Crippen molar-refractivity contribution < 1.29 is 14.3 Å². The maximum absolute atomic E-state index is 12.8. The number of hydrogen-bond acceptors (Lipinski definition) is 3. The number of amides is 1. The highest BCUT2D eigenvalue weighted by Gasteiger charge is 2.23. The number of halogens is 2. The molecule has 0 saturated carbocycles. The average molecular weight is 366 g/mol. The normalized spacial score (nSPS) is 13.4. The zero-order valence-electron chi connectivity index (χ0n) is 13.4. The Morgan fingerprint density at radius 1 is 1.04 bits per heavy atom. The molecule has 0 atom stereocenters. The molecule has 6 heteroatoms. The third kappa shape index (κ3) is 3.17. The first-order valence-electron chi connectivity index (χ1n) is 7.51. The lowest BCUT2D eigenvalue weighted by Gasteiger charge is -2.29. The number of fused-ring (bicyclic) bond motifs is 1. The quantitative estimate of drug-likeness (QED) is 0.817. The monoisotopic (exact) mass is 365 g/mol. The Hall–Kier alpha value is -1.91. The Labute approximate surface area is 150 Å². The maximum atomic E-state index is 12.8. The Morgan fingerprint density at radius 3 is 2.38 bits per heavy atom. The van der Waals surface area contributed by atoms with E-state index in [0.29, 0.717) is 34.4 Å². The highest BCUT2D eigenvalue weighted by atomic mass is 35.5. The van der Waals surface area contributed by atoms with Crippen molar-refractivity contribution in [2.45, 2.75) is 13.0 Å². The number of carbonyl (C=O) groups is 1. The molecule has 0 saturated heterocycles. The van der Waals surface area contributed by atoms with Gasteiger partial charge in [-0.15, -0.1) is 0 Å². The van der Waals surface area contributed by atoms with Gasteiger partial charge in [-0.25, -0.2) is 0 Å². The summed E-state index contributed by atoms with van der Waals surface area (Å²) in [5, 5.41) is 0.653. The van der Waals surface area contributed by atoms with Crippen LogP contribution in [0.15, 0.2) is 30.3 Å². The second-order valence-electron chi connectivity index (χ2n) is 5.58. The van der Waals surface area contributed by atoms with Gasteiger partial charge in [-0.3, -0.25) is 4.79 Å². The van der Waals surface area contributed by atoms with Gasteiger partial charge in [0.05, 0.1) is 24.3 Å². The lowest BCUT2D eigenvalue weighted by Crippen LogP contribution is -2.36. The number of ether oxygens (including phenoxy) is 2. The van der Waals surface area contributed by atoms with Crippen molar-refractivity contribution in [3.8, 4) is 11.5 Å². The van der Waals surface area contributed by atoms with E-state index in [1.165, 1.54) is 12.7 Å². The predicted molar refractivity (Wildman–Crippen MR) is 94.5 cm³/mol. The van der Waals surface area contributed by atoms with Crippen LogP contribution < -0.4 is 9.47 Å². The summed E-state index contributed by atoms with van der Waals surface area (Å²) in [7, 11) is 3.12.